The number of aromatic nitrogens is 2. The predicted molar refractivity (Wildman–Crippen MR) is 73.5 cm³/mol. The van der Waals surface area contributed by atoms with Crippen molar-refractivity contribution in [3.63, 3.8) is 0 Å². The molecule has 2 aliphatic rings. The van der Waals surface area contributed by atoms with E-state index in [9.17, 15) is 9.59 Å². The van der Waals surface area contributed by atoms with E-state index >= 15 is 0 Å². The van der Waals surface area contributed by atoms with Gasteiger partial charge in [-0.3, -0.25) is 14.9 Å². The summed E-state index contributed by atoms with van der Waals surface area (Å²) < 4.78 is 0. The fourth-order valence-corrected chi connectivity index (χ4v) is 2.25. The van der Waals surface area contributed by atoms with Gasteiger partial charge in [-0.25, -0.2) is 9.97 Å². The van der Waals surface area contributed by atoms with Crippen molar-refractivity contribution in [1.29, 1.82) is 0 Å². The second-order valence-electron chi connectivity index (χ2n) is 5.21. The number of hydrogen-bond donors (Lipinski definition) is 2. The highest BCUT2D eigenvalue weighted by atomic mass is 16.2. The first-order chi connectivity index (χ1) is 9.58. The van der Waals surface area contributed by atoms with E-state index in [0.29, 0.717) is 17.6 Å². The Kier molecular flexibility index (Phi) is 3.04. The van der Waals surface area contributed by atoms with Gasteiger partial charge in [0, 0.05) is 19.0 Å². The average Bonchev–Trinajstić information content (AvgIpc) is 3.26. The molecular weight excluding hydrogens is 258 g/mol. The lowest BCUT2D eigenvalue weighted by Gasteiger charge is -2.32. The summed E-state index contributed by atoms with van der Waals surface area (Å²) in [5.41, 5.74) is 0. The van der Waals surface area contributed by atoms with Crippen LogP contribution in [0.25, 0.3) is 0 Å². The van der Waals surface area contributed by atoms with Crippen LogP contribution in [0.3, 0.4) is 0 Å². The van der Waals surface area contributed by atoms with E-state index in [4.69, 9.17) is 0 Å². The maximum Gasteiger partial charge on any atom is 0.249 e. The highest BCUT2D eigenvalue weighted by Crippen LogP contribution is 2.39. The quantitative estimate of drug-likeness (QED) is 0.769. The van der Waals surface area contributed by atoms with Crippen LogP contribution in [-0.2, 0) is 9.59 Å². The van der Waals surface area contributed by atoms with Crippen molar-refractivity contribution in [2.45, 2.75) is 31.7 Å². The van der Waals surface area contributed by atoms with Gasteiger partial charge in [0.05, 0.1) is 6.54 Å². The van der Waals surface area contributed by atoms with E-state index < -0.39 is 6.04 Å². The Balaban J connectivity index is 1.97. The van der Waals surface area contributed by atoms with Crippen molar-refractivity contribution in [2.24, 2.45) is 0 Å². The molecule has 0 radical (unpaired) electrons. The van der Waals surface area contributed by atoms with Gasteiger partial charge >= 0.3 is 0 Å². The molecule has 20 heavy (non-hydrogen) atoms. The molecule has 1 saturated carbocycles. The Hall–Kier alpha value is -2.18. The van der Waals surface area contributed by atoms with Crippen LogP contribution in [0, 0.1) is 0 Å². The smallest absolute Gasteiger partial charge is 0.249 e. The van der Waals surface area contributed by atoms with E-state index in [0.717, 1.165) is 18.7 Å². The number of carbonyl (C=O) groups is 2. The van der Waals surface area contributed by atoms with Crippen LogP contribution in [0.2, 0.25) is 0 Å². The molecule has 7 heteroatoms. The zero-order valence-corrected chi connectivity index (χ0v) is 11.5. The zero-order valence-electron chi connectivity index (χ0n) is 11.5. The minimum Gasteiger partial charge on any atom is -0.373 e. The normalized spacial score (nSPS) is 22.7. The number of piperazine rings is 1. The molecule has 0 spiro atoms. The molecule has 1 unspecified atom stereocenters. The Bertz CT molecular complexity index is 570. The lowest BCUT2D eigenvalue weighted by Crippen LogP contribution is -2.57. The van der Waals surface area contributed by atoms with Crippen LogP contribution in [-0.4, -0.2) is 41.4 Å². The van der Waals surface area contributed by atoms with Gasteiger partial charge in [-0.05, 0) is 19.8 Å². The van der Waals surface area contributed by atoms with Crippen molar-refractivity contribution in [2.75, 3.05) is 23.8 Å². The van der Waals surface area contributed by atoms with Crippen molar-refractivity contribution < 1.29 is 9.59 Å². The Morgan fingerprint density at radius 1 is 1.35 bits per heavy atom. The molecule has 2 heterocycles. The third-order valence-corrected chi connectivity index (χ3v) is 3.65. The predicted octanol–water partition coefficient (Wildman–Crippen LogP) is 0.247. The van der Waals surface area contributed by atoms with Gasteiger partial charge in [0.2, 0.25) is 11.8 Å². The maximum atomic E-state index is 11.7. The minimum atomic E-state index is -0.417. The number of rotatable bonds is 3. The minimum absolute atomic E-state index is 0.136. The standard InChI is InChI=1S/C13H17N5O2/c1-7-13(20)17-11(19)6-18(7)10-5-9(14-2)15-12(16-10)8-3-4-8/h5,7-8H,3-4,6H2,1-2H3,(H,14,15,16)(H,17,19,20). The van der Waals surface area contributed by atoms with Crippen molar-refractivity contribution >= 4 is 23.5 Å². The SMILES string of the molecule is CNc1cc(N2CC(=O)NC(=O)C2C)nc(C2CC2)n1. The topological polar surface area (TPSA) is 87.2 Å². The third kappa shape index (κ3) is 2.31. The lowest BCUT2D eigenvalue weighted by atomic mass is 10.2. The Morgan fingerprint density at radius 2 is 2.10 bits per heavy atom. The van der Waals surface area contributed by atoms with E-state index in [-0.39, 0.29) is 18.4 Å². The lowest BCUT2D eigenvalue weighted by molar-refractivity contribution is -0.132. The van der Waals surface area contributed by atoms with Gasteiger partial charge in [0.1, 0.15) is 23.5 Å². The molecule has 1 atom stereocenters. The van der Waals surface area contributed by atoms with Gasteiger partial charge in [0.25, 0.3) is 0 Å². The second-order valence-corrected chi connectivity index (χ2v) is 5.21. The fourth-order valence-electron chi connectivity index (χ4n) is 2.25. The van der Waals surface area contributed by atoms with Gasteiger partial charge < -0.3 is 10.2 Å². The number of hydrogen-bond acceptors (Lipinski definition) is 6. The van der Waals surface area contributed by atoms with Crippen LogP contribution in [0.15, 0.2) is 6.07 Å². The first-order valence-corrected chi connectivity index (χ1v) is 6.75. The third-order valence-electron chi connectivity index (χ3n) is 3.65. The van der Waals surface area contributed by atoms with Crippen LogP contribution < -0.4 is 15.5 Å². The summed E-state index contributed by atoms with van der Waals surface area (Å²) in [6.07, 6.45) is 2.20. The highest BCUT2D eigenvalue weighted by molar-refractivity contribution is 6.04. The maximum absolute atomic E-state index is 11.7. The summed E-state index contributed by atoms with van der Waals surface area (Å²) >= 11 is 0. The number of nitrogens with one attached hydrogen (secondary N) is 2. The molecular formula is C13H17N5O2. The molecule has 3 rings (SSSR count). The van der Waals surface area contributed by atoms with Gasteiger partial charge in [-0.2, -0.15) is 0 Å². The summed E-state index contributed by atoms with van der Waals surface area (Å²) in [5.74, 6) is 1.94. The molecule has 2 fully saturated rings. The van der Waals surface area contributed by atoms with Crippen LogP contribution in [0.5, 0.6) is 0 Å². The fraction of sp³-hybridized carbons (Fsp3) is 0.538. The molecule has 2 N–H and O–H groups in total. The molecule has 1 aliphatic heterocycles. The molecule has 1 aliphatic carbocycles. The van der Waals surface area contributed by atoms with Gasteiger partial charge in [-0.1, -0.05) is 0 Å². The first-order valence-electron chi connectivity index (χ1n) is 6.75. The van der Waals surface area contributed by atoms with Gasteiger partial charge in [0.15, 0.2) is 0 Å². The Labute approximate surface area is 116 Å². The summed E-state index contributed by atoms with van der Waals surface area (Å²) in [5, 5.41) is 5.33. The van der Waals surface area contributed by atoms with E-state index in [2.05, 4.69) is 20.6 Å². The van der Waals surface area contributed by atoms with E-state index in [1.807, 2.05) is 0 Å². The summed E-state index contributed by atoms with van der Waals surface area (Å²) in [6, 6.07) is 1.35. The second kappa shape index (κ2) is 4.73. The number of anilines is 2. The average molecular weight is 275 g/mol. The molecule has 1 aromatic rings. The molecule has 106 valence electrons. The van der Waals surface area contributed by atoms with Crippen LogP contribution >= 0.6 is 0 Å². The molecule has 7 nitrogen and oxygen atoms in total. The summed E-state index contributed by atoms with van der Waals surface area (Å²) in [4.78, 5) is 34.0. The number of nitrogens with zero attached hydrogens (tertiary/aromatic N) is 3. The van der Waals surface area contributed by atoms with Gasteiger partial charge in [-0.15, -0.1) is 0 Å². The van der Waals surface area contributed by atoms with Crippen molar-refractivity contribution in [3.05, 3.63) is 11.9 Å². The zero-order chi connectivity index (χ0) is 14.3. The molecule has 2 amide bonds. The highest BCUT2D eigenvalue weighted by Gasteiger charge is 2.33. The van der Waals surface area contributed by atoms with E-state index in [1.165, 1.54) is 0 Å². The molecule has 0 aromatic carbocycles. The molecule has 1 saturated heterocycles. The summed E-state index contributed by atoms with van der Waals surface area (Å²) in [7, 11) is 1.79. The van der Waals surface area contributed by atoms with Crippen molar-refractivity contribution in [3.8, 4) is 0 Å². The molecule has 0 bridgehead atoms. The first kappa shape index (κ1) is 12.8. The van der Waals surface area contributed by atoms with E-state index in [1.54, 1.807) is 24.9 Å². The van der Waals surface area contributed by atoms with Crippen LogP contribution in [0.1, 0.15) is 31.5 Å². The van der Waals surface area contributed by atoms with Crippen LogP contribution in [0.4, 0.5) is 11.6 Å². The number of imide groups is 1. The summed E-state index contributed by atoms with van der Waals surface area (Å²) in [6.45, 7) is 1.90. The number of amides is 2. The van der Waals surface area contributed by atoms with Crippen molar-refractivity contribution in [1.82, 2.24) is 15.3 Å². The number of carbonyl (C=O) groups excluding carboxylic acids is 2. The monoisotopic (exact) mass is 275 g/mol. The Morgan fingerprint density at radius 3 is 2.75 bits per heavy atom. The molecule has 1 aromatic heterocycles. The largest absolute Gasteiger partial charge is 0.373 e.